The number of ether oxygens (including phenoxy) is 1. The maximum Gasteiger partial charge on any atom is 0.349 e. The van der Waals surface area contributed by atoms with E-state index < -0.39 is 16.2 Å². The first-order chi connectivity index (χ1) is 15.3. The quantitative estimate of drug-likeness (QED) is 0.351. The van der Waals surface area contributed by atoms with Crippen LogP contribution in [0.5, 0.6) is 5.88 Å². The standard InChI is InChI=1S/C20H19N7O5/c1-24(2)10-15-14(12-4-6-13(7-5-12)27(30)31)11-25-18(15)19(28)26(20(29)23-25)16-8-9-17(32-3)22-21-16/h4-9,11H,10H2,1-3H3,(H,23,29). The molecule has 0 saturated heterocycles. The summed E-state index contributed by atoms with van der Waals surface area (Å²) in [5.74, 6) is 0.296. The Morgan fingerprint density at radius 1 is 1.12 bits per heavy atom. The lowest BCUT2D eigenvalue weighted by Crippen LogP contribution is -2.37. The third-order valence-corrected chi connectivity index (χ3v) is 4.86. The van der Waals surface area contributed by atoms with E-state index in [2.05, 4.69) is 15.3 Å². The first-order valence-corrected chi connectivity index (χ1v) is 9.47. The van der Waals surface area contributed by atoms with Crippen LogP contribution in [0.4, 0.5) is 5.69 Å². The Hall–Kier alpha value is -4.32. The average molecular weight is 437 g/mol. The molecule has 0 radical (unpaired) electrons. The number of hydrogen-bond acceptors (Lipinski definition) is 8. The number of methoxy groups -OCH3 is 1. The number of hydrogen-bond donors (Lipinski definition) is 1. The normalized spacial score (nSPS) is 11.2. The molecule has 4 rings (SSSR count). The number of nitro groups is 1. The Bertz CT molecular complexity index is 1420. The highest BCUT2D eigenvalue weighted by Crippen LogP contribution is 2.29. The van der Waals surface area contributed by atoms with Gasteiger partial charge in [0, 0.05) is 42.1 Å². The predicted octanol–water partition coefficient (Wildman–Crippen LogP) is 1.21. The molecular weight excluding hydrogens is 418 g/mol. The van der Waals surface area contributed by atoms with Crippen molar-refractivity contribution in [3.63, 3.8) is 0 Å². The Morgan fingerprint density at radius 2 is 1.84 bits per heavy atom. The monoisotopic (exact) mass is 437 g/mol. The molecule has 0 fully saturated rings. The number of aromatic nitrogens is 5. The molecule has 0 aliphatic carbocycles. The molecule has 0 aliphatic rings. The van der Waals surface area contributed by atoms with Crippen molar-refractivity contribution in [1.29, 1.82) is 0 Å². The van der Waals surface area contributed by atoms with Gasteiger partial charge >= 0.3 is 5.69 Å². The molecule has 1 aromatic carbocycles. The van der Waals surface area contributed by atoms with Crippen LogP contribution < -0.4 is 16.0 Å². The molecule has 12 heteroatoms. The zero-order valence-corrected chi connectivity index (χ0v) is 17.5. The number of non-ortho nitro benzene ring substituents is 1. The number of aromatic amines is 1. The van der Waals surface area contributed by atoms with Crippen molar-refractivity contribution in [2.24, 2.45) is 0 Å². The fourth-order valence-electron chi connectivity index (χ4n) is 3.45. The molecule has 1 N–H and O–H groups in total. The van der Waals surface area contributed by atoms with Crippen LogP contribution in [0.3, 0.4) is 0 Å². The minimum Gasteiger partial charge on any atom is -0.480 e. The summed E-state index contributed by atoms with van der Waals surface area (Å²) in [5.41, 5.74) is 0.944. The van der Waals surface area contributed by atoms with E-state index in [0.29, 0.717) is 23.2 Å². The van der Waals surface area contributed by atoms with Gasteiger partial charge in [0.05, 0.1) is 12.0 Å². The van der Waals surface area contributed by atoms with Gasteiger partial charge in [-0.05, 0) is 37.9 Å². The molecule has 3 aromatic heterocycles. The van der Waals surface area contributed by atoms with E-state index in [4.69, 9.17) is 4.74 Å². The van der Waals surface area contributed by atoms with Crippen molar-refractivity contribution in [3.8, 4) is 22.8 Å². The summed E-state index contributed by atoms with van der Waals surface area (Å²) in [7, 11) is 5.13. The maximum atomic E-state index is 13.4. The molecule has 0 aliphatic heterocycles. The number of nitrogens with one attached hydrogen (secondary N) is 1. The summed E-state index contributed by atoms with van der Waals surface area (Å²) in [6.07, 6.45) is 1.63. The lowest BCUT2D eigenvalue weighted by molar-refractivity contribution is -0.384. The second kappa shape index (κ2) is 8.07. The Balaban J connectivity index is 1.97. The Morgan fingerprint density at radius 3 is 2.41 bits per heavy atom. The summed E-state index contributed by atoms with van der Waals surface area (Å²) >= 11 is 0. The minimum absolute atomic E-state index is 0.0412. The van der Waals surface area contributed by atoms with Crippen molar-refractivity contribution in [3.05, 3.63) is 79.1 Å². The van der Waals surface area contributed by atoms with Gasteiger partial charge in [0.25, 0.3) is 11.2 Å². The predicted molar refractivity (Wildman–Crippen MR) is 115 cm³/mol. The molecule has 3 heterocycles. The number of rotatable bonds is 6. The van der Waals surface area contributed by atoms with Crippen LogP contribution in [0.1, 0.15) is 5.56 Å². The number of H-pyrrole nitrogens is 1. The van der Waals surface area contributed by atoms with Crippen LogP contribution in [-0.4, -0.2) is 55.4 Å². The van der Waals surface area contributed by atoms with Crippen molar-refractivity contribution in [2.45, 2.75) is 6.54 Å². The zero-order chi connectivity index (χ0) is 23.0. The van der Waals surface area contributed by atoms with E-state index in [-0.39, 0.29) is 22.9 Å². The molecule has 0 amide bonds. The fourth-order valence-corrected chi connectivity index (χ4v) is 3.45. The second-order valence-corrected chi connectivity index (χ2v) is 7.27. The molecule has 0 saturated carbocycles. The SMILES string of the molecule is COc1ccc(-n2c(=O)[nH]n3cc(-c4ccc([N+](=O)[O-])cc4)c(CN(C)C)c3c2=O)nn1. The maximum absolute atomic E-state index is 13.4. The molecule has 0 unspecified atom stereocenters. The van der Waals surface area contributed by atoms with Gasteiger partial charge in [0.2, 0.25) is 5.88 Å². The Kier molecular flexibility index (Phi) is 5.28. The fraction of sp³-hybridized carbons (Fsp3) is 0.200. The number of nitro benzene ring substituents is 1. The van der Waals surface area contributed by atoms with Crippen LogP contribution in [0.25, 0.3) is 22.5 Å². The van der Waals surface area contributed by atoms with Crippen molar-refractivity contribution in [1.82, 2.24) is 29.3 Å². The largest absolute Gasteiger partial charge is 0.480 e. The van der Waals surface area contributed by atoms with Crippen molar-refractivity contribution in [2.75, 3.05) is 21.2 Å². The van der Waals surface area contributed by atoms with Gasteiger partial charge < -0.3 is 9.64 Å². The topological polar surface area (TPSA) is 141 Å². The van der Waals surface area contributed by atoms with Gasteiger partial charge in [0.1, 0.15) is 5.52 Å². The third-order valence-electron chi connectivity index (χ3n) is 4.86. The van der Waals surface area contributed by atoms with Gasteiger partial charge in [-0.3, -0.25) is 19.4 Å². The van der Waals surface area contributed by atoms with Crippen LogP contribution in [0, 0.1) is 10.1 Å². The van der Waals surface area contributed by atoms with E-state index in [9.17, 15) is 19.7 Å². The summed E-state index contributed by atoms with van der Waals surface area (Å²) in [4.78, 5) is 38.5. The first kappa shape index (κ1) is 20.9. The second-order valence-electron chi connectivity index (χ2n) is 7.27. The first-order valence-electron chi connectivity index (χ1n) is 9.47. The average Bonchev–Trinajstić information content (AvgIpc) is 3.11. The highest BCUT2D eigenvalue weighted by atomic mass is 16.6. The van der Waals surface area contributed by atoms with E-state index in [0.717, 1.165) is 4.57 Å². The minimum atomic E-state index is -0.691. The van der Waals surface area contributed by atoms with Gasteiger partial charge in [-0.25, -0.2) is 14.5 Å². The summed E-state index contributed by atoms with van der Waals surface area (Å²) in [5, 5.41) is 21.4. The van der Waals surface area contributed by atoms with Crippen LogP contribution in [0.2, 0.25) is 0 Å². The lowest BCUT2D eigenvalue weighted by atomic mass is 10.0. The summed E-state index contributed by atoms with van der Waals surface area (Å²) < 4.78 is 7.25. The highest BCUT2D eigenvalue weighted by Gasteiger charge is 2.21. The molecule has 4 aromatic rings. The molecule has 164 valence electrons. The number of fused-ring (bicyclic) bond motifs is 1. The molecule has 32 heavy (non-hydrogen) atoms. The molecule has 0 atom stereocenters. The van der Waals surface area contributed by atoms with E-state index >= 15 is 0 Å². The number of nitrogens with zero attached hydrogens (tertiary/aromatic N) is 6. The van der Waals surface area contributed by atoms with Gasteiger partial charge in [-0.15, -0.1) is 10.2 Å². The van der Waals surface area contributed by atoms with Crippen LogP contribution in [0.15, 0.2) is 52.2 Å². The van der Waals surface area contributed by atoms with Crippen molar-refractivity contribution >= 4 is 11.2 Å². The van der Waals surface area contributed by atoms with Gasteiger partial charge in [0.15, 0.2) is 5.82 Å². The highest BCUT2D eigenvalue weighted by molar-refractivity contribution is 5.76. The zero-order valence-electron chi connectivity index (χ0n) is 17.5. The Labute approximate surface area is 180 Å². The van der Waals surface area contributed by atoms with Crippen LogP contribution in [-0.2, 0) is 6.54 Å². The number of benzene rings is 1. The third kappa shape index (κ3) is 3.63. The smallest absolute Gasteiger partial charge is 0.349 e. The molecule has 12 nitrogen and oxygen atoms in total. The van der Waals surface area contributed by atoms with E-state index in [1.54, 1.807) is 18.3 Å². The van der Waals surface area contributed by atoms with Crippen molar-refractivity contribution < 1.29 is 9.66 Å². The van der Waals surface area contributed by atoms with Gasteiger partial charge in [-0.1, -0.05) is 0 Å². The molecular formula is C20H19N7O5. The summed E-state index contributed by atoms with van der Waals surface area (Å²) in [6, 6.07) is 8.97. The van der Waals surface area contributed by atoms with E-state index in [1.807, 2.05) is 19.0 Å². The van der Waals surface area contributed by atoms with E-state index in [1.165, 1.54) is 35.9 Å². The molecule has 0 bridgehead atoms. The van der Waals surface area contributed by atoms with Crippen LogP contribution >= 0.6 is 0 Å². The lowest BCUT2D eigenvalue weighted by Gasteiger charge is -2.11. The molecule has 0 spiro atoms. The van der Waals surface area contributed by atoms with Gasteiger partial charge in [-0.2, -0.15) is 0 Å². The summed E-state index contributed by atoms with van der Waals surface area (Å²) in [6.45, 7) is 0.387.